The number of amides is 1. The van der Waals surface area contributed by atoms with Gasteiger partial charge in [0.25, 0.3) is 5.91 Å². The Balaban J connectivity index is 1.72. The molecule has 144 valence electrons. The fourth-order valence-electron chi connectivity index (χ4n) is 2.14. The van der Waals surface area contributed by atoms with Gasteiger partial charge in [0.05, 0.1) is 11.5 Å². The molecule has 2 rings (SSSR count). The zero-order valence-corrected chi connectivity index (χ0v) is 16.3. The summed E-state index contributed by atoms with van der Waals surface area (Å²) in [5.41, 5.74) is 0.413. The molecule has 0 saturated carbocycles. The molecule has 6 nitrogen and oxygen atoms in total. The van der Waals surface area contributed by atoms with Crippen molar-refractivity contribution in [3.8, 4) is 5.75 Å². The number of thiophene rings is 1. The van der Waals surface area contributed by atoms with E-state index in [-0.39, 0.29) is 18.9 Å². The van der Waals surface area contributed by atoms with Crippen LogP contribution in [-0.4, -0.2) is 37.4 Å². The molecular formula is C20H23NO5S. The van der Waals surface area contributed by atoms with Gasteiger partial charge in [0.1, 0.15) is 12.3 Å². The topological polar surface area (TPSA) is 81.7 Å². The number of hydrogen-bond acceptors (Lipinski definition) is 6. The lowest BCUT2D eigenvalue weighted by molar-refractivity contribution is -0.141. The molecule has 0 fully saturated rings. The van der Waals surface area contributed by atoms with Crippen LogP contribution in [0.5, 0.6) is 5.75 Å². The van der Waals surface area contributed by atoms with Crippen LogP contribution in [0.25, 0.3) is 0 Å². The van der Waals surface area contributed by atoms with Gasteiger partial charge in [0.2, 0.25) is 5.78 Å². The van der Waals surface area contributed by atoms with E-state index in [1.807, 2.05) is 13.0 Å². The smallest absolute Gasteiger partial charge is 0.325 e. The molecule has 0 bridgehead atoms. The Bertz CT molecular complexity index is 782. The lowest BCUT2D eigenvalue weighted by Gasteiger charge is -2.08. The Hall–Kier alpha value is -2.67. The molecule has 2 aromatic rings. The first-order chi connectivity index (χ1) is 13.0. The van der Waals surface area contributed by atoms with Crippen molar-refractivity contribution in [3.05, 3.63) is 51.7 Å². The molecule has 1 aromatic carbocycles. The maximum atomic E-state index is 12.1. The molecule has 27 heavy (non-hydrogen) atoms. The molecule has 0 aliphatic rings. The second-order valence-electron chi connectivity index (χ2n) is 5.90. The first-order valence-corrected chi connectivity index (χ1v) is 9.57. The van der Waals surface area contributed by atoms with Crippen LogP contribution in [0.2, 0.25) is 0 Å². The summed E-state index contributed by atoms with van der Waals surface area (Å²) in [7, 11) is 0. The van der Waals surface area contributed by atoms with Crippen LogP contribution in [0.4, 0.5) is 0 Å². The monoisotopic (exact) mass is 389 g/mol. The third-order valence-electron chi connectivity index (χ3n) is 3.66. The predicted molar refractivity (Wildman–Crippen MR) is 104 cm³/mol. The summed E-state index contributed by atoms with van der Waals surface area (Å²) < 4.78 is 10.4. The van der Waals surface area contributed by atoms with Gasteiger partial charge in [0, 0.05) is 10.4 Å². The fraction of sp³-hybridized carbons (Fsp3) is 0.350. The van der Waals surface area contributed by atoms with Crippen LogP contribution in [0.3, 0.4) is 0 Å². The Kier molecular flexibility index (Phi) is 8.00. The van der Waals surface area contributed by atoms with Crippen molar-refractivity contribution in [2.24, 2.45) is 0 Å². The largest absolute Gasteiger partial charge is 0.494 e. The van der Waals surface area contributed by atoms with Crippen LogP contribution in [0.1, 0.15) is 44.7 Å². The van der Waals surface area contributed by atoms with E-state index in [1.54, 1.807) is 30.3 Å². The van der Waals surface area contributed by atoms with Crippen molar-refractivity contribution in [2.75, 3.05) is 19.8 Å². The minimum absolute atomic E-state index is 0.258. The highest BCUT2D eigenvalue weighted by molar-refractivity contribution is 7.14. The normalized spacial score (nSPS) is 10.3. The molecule has 0 spiro atoms. The van der Waals surface area contributed by atoms with Crippen LogP contribution < -0.4 is 10.1 Å². The lowest BCUT2D eigenvalue weighted by Crippen LogP contribution is -2.31. The summed E-state index contributed by atoms with van der Waals surface area (Å²) in [5.74, 6) is -0.620. The molecule has 1 aromatic heterocycles. The molecular weight excluding hydrogens is 366 g/mol. The van der Waals surface area contributed by atoms with Crippen molar-refractivity contribution in [1.82, 2.24) is 5.32 Å². The molecule has 0 radical (unpaired) electrons. The zero-order chi connectivity index (χ0) is 19.6. The van der Waals surface area contributed by atoms with E-state index >= 15 is 0 Å². The number of unbranched alkanes of at least 4 members (excludes halogenated alkanes) is 1. The Labute approximate surface area is 162 Å². The maximum Gasteiger partial charge on any atom is 0.325 e. The summed E-state index contributed by atoms with van der Waals surface area (Å²) in [6.45, 7) is 3.98. The van der Waals surface area contributed by atoms with Gasteiger partial charge in [-0.15, -0.1) is 11.3 Å². The first kappa shape index (κ1) is 20.6. The Morgan fingerprint density at radius 1 is 1.07 bits per heavy atom. The van der Waals surface area contributed by atoms with Crippen molar-refractivity contribution in [3.63, 3.8) is 0 Å². The highest BCUT2D eigenvalue weighted by Gasteiger charge is 2.13. The van der Waals surface area contributed by atoms with Crippen molar-refractivity contribution in [1.29, 1.82) is 0 Å². The highest BCUT2D eigenvalue weighted by atomic mass is 32.1. The standard InChI is InChI=1S/C20H23NO5S/c1-3-4-11-25-16-8-6-15(7-9-16)20(24)21-12-19(23)26-13-17(22)18-10-5-14(2)27-18/h5-10H,3-4,11-13H2,1-2H3,(H,21,24). The number of carbonyl (C=O) groups is 3. The minimum Gasteiger partial charge on any atom is -0.494 e. The molecule has 0 atom stereocenters. The molecule has 1 amide bonds. The second-order valence-corrected chi connectivity index (χ2v) is 7.19. The van der Waals surface area contributed by atoms with E-state index in [1.165, 1.54) is 11.3 Å². The van der Waals surface area contributed by atoms with Gasteiger partial charge < -0.3 is 14.8 Å². The van der Waals surface area contributed by atoms with E-state index in [0.717, 1.165) is 17.7 Å². The Morgan fingerprint density at radius 2 is 1.81 bits per heavy atom. The molecule has 1 N–H and O–H groups in total. The summed E-state index contributed by atoms with van der Waals surface area (Å²) in [5, 5.41) is 2.48. The summed E-state index contributed by atoms with van der Waals surface area (Å²) in [6.07, 6.45) is 2.02. The lowest BCUT2D eigenvalue weighted by atomic mass is 10.2. The number of Topliss-reactive ketones (excluding diaryl/α,β-unsaturated/α-hetero) is 1. The van der Waals surface area contributed by atoms with E-state index in [0.29, 0.717) is 22.8 Å². The number of ketones is 1. The van der Waals surface area contributed by atoms with Gasteiger partial charge >= 0.3 is 5.97 Å². The van der Waals surface area contributed by atoms with Crippen molar-refractivity contribution < 1.29 is 23.9 Å². The van der Waals surface area contributed by atoms with Gasteiger partial charge in [-0.3, -0.25) is 14.4 Å². The van der Waals surface area contributed by atoms with Crippen molar-refractivity contribution >= 4 is 29.0 Å². The van der Waals surface area contributed by atoms with Crippen molar-refractivity contribution in [2.45, 2.75) is 26.7 Å². The molecule has 0 saturated heterocycles. The van der Waals surface area contributed by atoms with Crippen LogP contribution in [-0.2, 0) is 9.53 Å². The van der Waals surface area contributed by atoms with E-state index in [9.17, 15) is 14.4 Å². The molecule has 0 aliphatic carbocycles. The average molecular weight is 389 g/mol. The summed E-state index contributed by atoms with van der Waals surface area (Å²) in [4.78, 5) is 37.2. The van der Waals surface area contributed by atoms with Gasteiger partial charge in [-0.05, 0) is 49.7 Å². The molecule has 0 unspecified atom stereocenters. The SMILES string of the molecule is CCCCOc1ccc(C(=O)NCC(=O)OCC(=O)c2ccc(C)s2)cc1. The van der Waals surface area contributed by atoms with Gasteiger partial charge in [-0.1, -0.05) is 13.3 Å². The molecule has 0 aliphatic heterocycles. The zero-order valence-electron chi connectivity index (χ0n) is 15.4. The number of rotatable bonds is 10. The number of nitrogens with one attached hydrogen (secondary N) is 1. The minimum atomic E-state index is -0.663. The Morgan fingerprint density at radius 3 is 2.44 bits per heavy atom. The average Bonchev–Trinajstić information content (AvgIpc) is 3.11. The number of esters is 1. The van der Waals surface area contributed by atoms with E-state index in [2.05, 4.69) is 12.2 Å². The number of aryl methyl sites for hydroxylation is 1. The third kappa shape index (κ3) is 6.86. The number of carbonyl (C=O) groups excluding carboxylic acids is 3. The number of hydrogen-bond donors (Lipinski definition) is 1. The molecule has 7 heteroatoms. The maximum absolute atomic E-state index is 12.1. The first-order valence-electron chi connectivity index (χ1n) is 8.76. The summed E-state index contributed by atoms with van der Waals surface area (Å²) in [6, 6.07) is 10.2. The third-order valence-corrected chi connectivity index (χ3v) is 4.70. The highest BCUT2D eigenvalue weighted by Crippen LogP contribution is 2.15. The second kappa shape index (κ2) is 10.5. The molecule has 1 heterocycles. The van der Waals surface area contributed by atoms with Crippen LogP contribution >= 0.6 is 11.3 Å². The van der Waals surface area contributed by atoms with Crippen LogP contribution in [0.15, 0.2) is 36.4 Å². The van der Waals surface area contributed by atoms with E-state index < -0.39 is 11.9 Å². The van der Waals surface area contributed by atoms with Gasteiger partial charge in [0.15, 0.2) is 6.61 Å². The number of ether oxygens (including phenoxy) is 2. The van der Waals surface area contributed by atoms with E-state index in [4.69, 9.17) is 9.47 Å². The van der Waals surface area contributed by atoms with Crippen LogP contribution in [0, 0.1) is 6.92 Å². The summed E-state index contributed by atoms with van der Waals surface area (Å²) >= 11 is 1.35. The number of benzene rings is 1. The predicted octanol–water partition coefficient (Wildman–Crippen LogP) is 3.39. The van der Waals surface area contributed by atoms with Gasteiger partial charge in [-0.2, -0.15) is 0 Å². The fourth-order valence-corrected chi connectivity index (χ4v) is 2.94. The van der Waals surface area contributed by atoms with Gasteiger partial charge in [-0.25, -0.2) is 0 Å². The quantitative estimate of drug-likeness (QED) is 0.383.